The number of rotatable bonds is 6. The van der Waals surface area contributed by atoms with Gasteiger partial charge >= 0.3 is 0 Å². The lowest BCUT2D eigenvalue weighted by Crippen LogP contribution is -2.34. The van der Waals surface area contributed by atoms with E-state index in [1.165, 1.54) is 0 Å². The molecular weight excluding hydrogens is 377 g/mol. The minimum absolute atomic E-state index is 0.152. The number of hydrogen-bond donors (Lipinski definition) is 0. The molecule has 0 saturated carbocycles. The average Bonchev–Trinajstić information content (AvgIpc) is 2.98. The third kappa shape index (κ3) is 4.79. The summed E-state index contributed by atoms with van der Waals surface area (Å²) in [7, 11) is 0. The van der Waals surface area contributed by atoms with Crippen molar-refractivity contribution in [3.63, 3.8) is 0 Å². The number of benzene rings is 1. The van der Waals surface area contributed by atoms with Crippen LogP contribution in [0.25, 0.3) is 0 Å². The van der Waals surface area contributed by atoms with E-state index in [2.05, 4.69) is 10.00 Å². The Morgan fingerprint density at radius 2 is 2.04 bits per heavy atom. The van der Waals surface area contributed by atoms with Crippen molar-refractivity contribution in [2.75, 3.05) is 31.1 Å². The zero-order valence-electron chi connectivity index (χ0n) is 14.2. The molecule has 134 valence electrons. The van der Waals surface area contributed by atoms with Crippen molar-refractivity contribution in [3.8, 4) is 0 Å². The van der Waals surface area contributed by atoms with Crippen molar-refractivity contribution in [2.45, 2.75) is 19.9 Å². The fourth-order valence-corrected chi connectivity index (χ4v) is 4.28. The van der Waals surface area contributed by atoms with E-state index in [0.29, 0.717) is 28.6 Å². The number of carbonyl (C=O) groups is 1. The molecule has 0 amide bonds. The summed E-state index contributed by atoms with van der Waals surface area (Å²) in [6.07, 6.45) is 2.21. The van der Waals surface area contributed by atoms with Gasteiger partial charge in [-0.1, -0.05) is 23.2 Å². The molecule has 0 spiro atoms. The number of Topliss-reactive ketones (excluding diaryl/α,β-unsaturated/α-hetero) is 1. The van der Waals surface area contributed by atoms with Crippen molar-refractivity contribution >= 4 is 40.7 Å². The molecule has 1 aromatic carbocycles. The second kappa shape index (κ2) is 8.58. The molecule has 3 rings (SSSR count). The van der Waals surface area contributed by atoms with Crippen LogP contribution in [0.5, 0.6) is 0 Å². The van der Waals surface area contributed by atoms with E-state index in [9.17, 15) is 4.79 Å². The Hall–Kier alpha value is -1.01. The fraction of sp³-hybridized carbons (Fsp3) is 0.444. The zero-order chi connectivity index (χ0) is 17.8. The van der Waals surface area contributed by atoms with Gasteiger partial charge in [-0.05, 0) is 30.7 Å². The highest BCUT2D eigenvalue weighted by molar-refractivity contribution is 7.99. The lowest BCUT2D eigenvalue weighted by Gasteiger charge is -2.25. The summed E-state index contributed by atoms with van der Waals surface area (Å²) in [4.78, 5) is 14.9. The first-order valence-electron chi connectivity index (χ1n) is 8.34. The number of thioether (sulfide) groups is 1. The monoisotopic (exact) mass is 397 g/mol. The maximum absolute atomic E-state index is 12.6. The number of ketones is 1. The van der Waals surface area contributed by atoms with Gasteiger partial charge in [-0.3, -0.25) is 9.48 Å². The van der Waals surface area contributed by atoms with Gasteiger partial charge in [-0.15, -0.1) is 0 Å². The second-order valence-electron chi connectivity index (χ2n) is 6.16. The van der Waals surface area contributed by atoms with Crippen molar-refractivity contribution in [1.82, 2.24) is 14.7 Å². The molecular formula is C18H21Cl2N3OS. The molecule has 1 fully saturated rings. The minimum Gasteiger partial charge on any atom is -0.301 e. The number of aromatic nitrogens is 2. The largest absolute Gasteiger partial charge is 0.301 e. The summed E-state index contributed by atoms with van der Waals surface area (Å²) in [6, 6.07) is 5.37. The van der Waals surface area contributed by atoms with E-state index in [0.717, 1.165) is 42.4 Å². The Labute approximate surface area is 162 Å². The summed E-state index contributed by atoms with van der Waals surface area (Å²) in [5.74, 6) is 2.47. The molecule has 0 atom stereocenters. The first-order chi connectivity index (χ1) is 12.0. The van der Waals surface area contributed by atoms with E-state index in [1.54, 1.807) is 18.3 Å². The molecule has 1 saturated heterocycles. The molecule has 25 heavy (non-hydrogen) atoms. The molecule has 0 aliphatic carbocycles. The van der Waals surface area contributed by atoms with E-state index in [1.807, 2.05) is 29.4 Å². The third-order valence-electron chi connectivity index (χ3n) is 4.49. The van der Waals surface area contributed by atoms with E-state index < -0.39 is 0 Å². The first kappa shape index (κ1) is 18.8. The molecule has 2 heterocycles. The molecule has 2 aromatic rings. The molecule has 0 radical (unpaired) electrons. The summed E-state index contributed by atoms with van der Waals surface area (Å²) < 4.78 is 1.81. The van der Waals surface area contributed by atoms with Crippen LogP contribution in [0.2, 0.25) is 10.0 Å². The molecule has 1 aromatic heterocycles. The van der Waals surface area contributed by atoms with Crippen molar-refractivity contribution < 1.29 is 4.79 Å². The second-order valence-corrected chi connectivity index (χ2v) is 8.23. The first-order valence-corrected chi connectivity index (χ1v) is 10.3. The Kier molecular flexibility index (Phi) is 6.44. The predicted octanol–water partition coefficient (Wildman–Crippen LogP) is 4.17. The lowest BCUT2D eigenvalue weighted by atomic mass is 10.1. The van der Waals surface area contributed by atoms with Crippen LogP contribution >= 0.6 is 35.0 Å². The number of carbonyl (C=O) groups excluding carboxylic acids is 1. The van der Waals surface area contributed by atoms with Crippen LogP contribution in [-0.4, -0.2) is 51.6 Å². The highest BCUT2D eigenvalue weighted by Gasteiger charge is 2.17. The van der Waals surface area contributed by atoms with Crippen LogP contribution in [0.3, 0.4) is 0 Å². The normalized spacial score (nSPS) is 15.5. The summed E-state index contributed by atoms with van der Waals surface area (Å²) in [6.45, 7) is 5.40. The minimum atomic E-state index is 0.152. The third-order valence-corrected chi connectivity index (χ3v) is 6.04. The molecule has 7 heteroatoms. The Balaban J connectivity index is 1.65. The number of halogens is 2. The van der Waals surface area contributed by atoms with Crippen LogP contribution < -0.4 is 0 Å². The van der Waals surface area contributed by atoms with Gasteiger partial charge in [0, 0.05) is 53.3 Å². The SMILES string of the molecule is Cc1c(C(=O)CCN2CCSCC2)cnn1Cc1cc(Cl)ccc1Cl. The molecule has 1 aliphatic heterocycles. The zero-order valence-corrected chi connectivity index (χ0v) is 16.5. The summed E-state index contributed by atoms with van der Waals surface area (Å²) in [5, 5.41) is 5.66. The van der Waals surface area contributed by atoms with Gasteiger partial charge in [0.05, 0.1) is 18.3 Å². The van der Waals surface area contributed by atoms with Gasteiger partial charge < -0.3 is 4.90 Å². The van der Waals surface area contributed by atoms with Gasteiger partial charge in [0.1, 0.15) is 0 Å². The van der Waals surface area contributed by atoms with Gasteiger partial charge in [-0.25, -0.2) is 0 Å². The highest BCUT2D eigenvalue weighted by Crippen LogP contribution is 2.22. The van der Waals surface area contributed by atoms with Crippen LogP contribution in [0.15, 0.2) is 24.4 Å². The quantitative estimate of drug-likeness (QED) is 0.685. The average molecular weight is 398 g/mol. The van der Waals surface area contributed by atoms with Gasteiger partial charge in [-0.2, -0.15) is 16.9 Å². The molecule has 0 N–H and O–H groups in total. The topological polar surface area (TPSA) is 38.1 Å². The van der Waals surface area contributed by atoms with Gasteiger partial charge in [0.2, 0.25) is 0 Å². The molecule has 0 unspecified atom stereocenters. The smallest absolute Gasteiger partial charge is 0.167 e. The highest BCUT2D eigenvalue weighted by atomic mass is 35.5. The lowest BCUT2D eigenvalue weighted by molar-refractivity contribution is 0.0965. The van der Waals surface area contributed by atoms with E-state index in [-0.39, 0.29) is 5.78 Å². The fourth-order valence-electron chi connectivity index (χ4n) is 2.92. The summed E-state index contributed by atoms with van der Waals surface area (Å²) >= 11 is 14.3. The van der Waals surface area contributed by atoms with Crippen molar-refractivity contribution in [2.24, 2.45) is 0 Å². The van der Waals surface area contributed by atoms with Crippen LogP contribution in [-0.2, 0) is 6.54 Å². The standard InChI is InChI=1S/C18H21Cl2N3OS/c1-13-16(18(24)4-5-22-6-8-25-9-7-22)11-21-23(13)12-14-10-15(19)2-3-17(14)20/h2-3,10-11H,4-9,12H2,1H3. The van der Waals surface area contributed by atoms with Crippen molar-refractivity contribution in [3.05, 3.63) is 51.3 Å². The van der Waals surface area contributed by atoms with E-state index >= 15 is 0 Å². The van der Waals surface area contributed by atoms with Crippen LogP contribution in [0.1, 0.15) is 28.0 Å². The van der Waals surface area contributed by atoms with Gasteiger partial charge in [0.15, 0.2) is 5.78 Å². The van der Waals surface area contributed by atoms with E-state index in [4.69, 9.17) is 23.2 Å². The summed E-state index contributed by atoms with van der Waals surface area (Å²) in [5.41, 5.74) is 2.46. The van der Waals surface area contributed by atoms with Crippen LogP contribution in [0, 0.1) is 6.92 Å². The molecule has 4 nitrogen and oxygen atoms in total. The molecule has 0 bridgehead atoms. The van der Waals surface area contributed by atoms with Crippen LogP contribution in [0.4, 0.5) is 0 Å². The predicted molar refractivity (Wildman–Crippen MR) is 105 cm³/mol. The molecule has 1 aliphatic rings. The Morgan fingerprint density at radius 3 is 2.80 bits per heavy atom. The van der Waals surface area contributed by atoms with Crippen molar-refractivity contribution in [1.29, 1.82) is 0 Å². The number of hydrogen-bond acceptors (Lipinski definition) is 4. The Morgan fingerprint density at radius 1 is 1.28 bits per heavy atom. The number of nitrogens with zero attached hydrogens (tertiary/aromatic N) is 3. The maximum atomic E-state index is 12.6. The van der Waals surface area contributed by atoms with Gasteiger partial charge in [0.25, 0.3) is 0 Å². The Bertz CT molecular complexity index is 757. The maximum Gasteiger partial charge on any atom is 0.167 e.